The minimum absolute atomic E-state index is 0.836. The van der Waals surface area contributed by atoms with Crippen molar-refractivity contribution in [3.63, 3.8) is 0 Å². The van der Waals surface area contributed by atoms with E-state index in [0.29, 0.717) is 0 Å². The number of benzene rings is 1. The number of nitrogens with one attached hydrogen (secondary N) is 1. The molecular formula is C9H9BrN2. The number of halogens is 1. The molecule has 1 aromatic carbocycles. The van der Waals surface area contributed by atoms with Gasteiger partial charge in [0.05, 0.1) is 0 Å². The zero-order valence-corrected chi connectivity index (χ0v) is 8.27. The highest BCUT2D eigenvalue weighted by atomic mass is 79.9. The molecule has 0 aliphatic carbocycles. The molecule has 0 radical (unpaired) electrons. The van der Waals surface area contributed by atoms with E-state index in [0.717, 1.165) is 26.6 Å². The fraction of sp³-hybridized carbons (Fsp3) is 0.111. The monoisotopic (exact) mass is 224 g/mol. The van der Waals surface area contributed by atoms with Gasteiger partial charge in [-0.25, -0.2) is 0 Å². The number of nitrogens with two attached hydrogens (primary N) is 1. The van der Waals surface area contributed by atoms with Gasteiger partial charge in [0, 0.05) is 27.3 Å². The van der Waals surface area contributed by atoms with Crippen LogP contribution in [0.25, 0.3) is 10.9 Å². The van der Waals surface area contributed by atoms with Gasteiger partial charge >= 0.3 is 0 Å². The van der Waals surface area contributed by atoms with E-state index in [1.807, 2.05) is 19.2 Å². The molecule has 3 heteroatoms. The van der Waals surface area contributed by atoms with Crippen molar-refractivity contribution in [2.75, 3.05) is 5.73 Å². The van der Waals surface area contributed by atoms with E-state index in [1.54, 1.807) is 0 Å². The van der Waals surface area contributed by atoms with Crippen molar-refractivity contribution < 1.29 is 0 Å². The van der Waals surface area contributed by atoms with Gasteiger partial charge in [0.2, 0.25) is 0 Å². The van der Waals surface area contributed by atoms with Crippen molar-refractivity contribution in [3.8, 4) is 0 Å². The average Bonchev–Trinajstić information content (AvgIpc) is 2.35. The molecular weight excluding hydrogens is 216 g/mol. The Balaban J connectivity index is 2.87. The first kappa shape index (κ1) is 7.68. The molecule has 2 aromatic rings. The maximum atomic E-state index is 5.78. The summed E-state index contributed by atoms with van der Waals surface area (Å²) in [6.45, 7) is 2.00. The normalized spacial score (nSPS) is 10.8. The van der Waals surface area contributed by atoms with E-state index < -0.39 is 0 Å². The summed E-state index contributed by atoms with van der Waals surface area (Å²) in [6.07, 6.45) is 1.92. The largest absolute Gasteiger partial charge is 0.398 e. The zero-order chi connectivity index (χ0) is 8.72. The first-order valence-electron chi connectivity index (χ1n) is 3.71. The first-order chi connectivity index (χ1) is 5.68. The number of aromatic amines is 1. The third-order valence-corrected chi connectivity index (χ3v) is 2.67. The van der Waals surface area contributed by atoms with E-state index in [-0.39, 0.29) is 0 Å². The minimum atomic E-state index is 0.836. The maximum Gasteiger partial charge on any atom is 0.0469 e. The first-order valence-corrected chi connectivity index (χ1v) is 4.50. The second-order valence-corrected chi connectivity index (χ2v) is 3.75. The van der Waals surface area contributed by atoms with Crippen LogP contribution in [0, 0.1) is 6.92 Å². The number of nitrogen functional groups attached to an aromatic ring is 1. The third-order valence-electron chi connectivity index (χ3n) is 2.02. The van der Waals surface area contributed by atoms with Crippen LogP contribution in [-0.2, 0) is 0 Å². The fourth-order valence-electron chi connectivity index (χ4n) is 1.26. The highest BCUT2D eigenvalue weighted by Gasteiger charge is 2.02. The topological polar surface area (TPSA) is 41.8 Å². The molecule has 0 unspecified atom stereocenters. The van der Waals surface area contributed by atoms with E-state index in [2.05, 4.69) is 27.0 Å². The second kappa shape index (κ2) is 2.52. The summed E-state index contributed by atoms with van der Waals surface area (Å²) in [5, 5.41) is 1.14. The van der Waals surface area contributed by atoms with Gasteiger partial charge in [-0.1, -0.05) is 0 Å². The Bertz CT molecular complexity index is 431. The Hall–Kier alpha value is -0.960. The third kappa shape index (κ3) is 1.01. The van der Waals surface area contributed by atoms with Gasteiger partial charge in [-0.3, -0.25) is 0 Å². The summed E-state index contributed by atoms with van der Waals surface area (Å²) in [5.41, 5.74) is 8.84. The predicted molar refractivity (Wildman–Crippen MR) is 55.1 cm³/mol. The van der Waals surface area contributed by atoms with Crippen LogP contribution in [0.15, 0.2) is 22.8 Å². The molecule has 0 amide bonds. The van der Waals surface area contributed by atoms with Crippen LogP contribution in [0.1, 0.15) is 5.56 Å². The molecule has 0 aliphatic rings. The SMILES string of the molecule is Cc1cc2[nH]cc(Br)c2cc1N. The number of aromatic nitrogens is 1. The number of H-pyrrole nitrogens is 1. The smallest absolute Gasteiger partial charge is 0.0469 e. The Morgan fingerprint density at radius 3 is 2.92 bits per heavy atom. The highest BCUT2D eigenvalue weighted by molar-refractivity contribution is 9.10. The van der Waals surface area contributed by atoms with E-state index in [4.69, 9.17) is 5.73 Å². The number of rotatable bonds is 0. The number of hydrogen-bond acceptors (Lipinski definition) is 1. The Kier molecular flexibility index (Phi) is 1.61. The van der Waals surface area contributed by atoms with Gasteiger partial charge in [0.25, 0.3) is 0 Å². The van der Waals surface area contributed by atoms with Crippen LogP contribution < -0.4 is 5.73 Å². The van der Waals surface area contributed by atoms with Crippen LogP contribution in [-0.4, -0.2) is 4.98 Å². The van der Waals surface area contributed by atoms with Gasteiger partial charge in [-0.2, -0.15) is 0 Å². The Morgan fingerprint density at radius 2 is 2.17 bits per heavy atom. The van der Waals surface area contributed by atoms with Crippen LogP contribution in [0.2, 0.25) is 0 Å². The molecule has 0 saturated heterocycles. The zero-order valence-electron chi connectivity index (χ0n) is 6.69. The number of fused-ring (bicyclic) bond motifs is 1. The van der Waals surface area contributed by atoms with Crippen LogP contribution in [0.5, 0.6) is 0 Å². The predicted octanol–water partition coefficient (Wildman–Crippen LogP) is 2.82. The van der Waals surface area contributed by atoms with Gasteiger partial charge in [-0.05, 0) is 40.5 Å². The molecule has 12 heavy (non-hydrogen) atoms. The number of aryl methyl sites for hydroxylation is 1. The number of anilines is 1. The van der Waals surface area contributed by atoms with Crippen molar-refractivity contribution in [1.29, 1.82) is 0 Å². The van der Waals surface area contributed by atoms with Crippen LogP contribution in [0.3, 0.4) is 0 Å². The second-order valence-electron chi connectivity index (χ2n) is 2.89. The molecule has 3 N–H and O–H groups in total. The molecule has 0 bridgehead atoms. The lowest BCUT2D eigenvalue weighted by atomic mass is 10.1. The molecule has 1 aromatic heterocycles. The van der Waals surface area contributed by atoms with E-state index in [1.165, 1.54) is 0 Å². The molecule has 1 heterocycles. The van der Waals surface area contributed by atoms with Crippen molar-refractivity contribution in [2.24, 2.45) is 0 Å². The summed E-state index contributed by atoms with van der Waals surface area (Å²) in [4.78, 5) is 3.15. The van der Waals surface area contributed by atoms with Crippen molar-refractivity contribution >= 4 is 32.5 Å². The highest BCUT2D eigenvalue weighted by Crippen LogP contribution is 2.27. The molecule has 0 spiro atoms. The van der Waals surface area contributed by atoms with E-state index >= 15 is 0 Å². The van der Waals surface area contributed by atoms with Crippen molar-refractivity contribution in [2.45, 2.75) is 6.92 Å². The maximum absolute atomic E-state index is 5.78. The van der Waals surface area contributed by atoms with E-state index in [9.17, 15) is 0 Å². The molecule has 0 saturated carbocycles. The summed E-state index contributed by atoms with van der Waals surface area (Å²) in [6, 6.07) is 4.03. The minimum Gasteiger partial charge on any atom is -0.398 e. The molecule has 0 atom stereocenters. The average molecular weight is 225 g/mol. The summed E-state index contributed by atoms with van der Waals surface area (Å²) in [7, 11) is 0. The quantitative estimate of drug-likeness (QED) is 0.665. The van der Waals surface area contributed by atoms with Crippen molar-refractivity contribution in [3.05, 3.63) is 28.4 Å². The van der Waals surface area contributed by atoms with Gasteiger partial charge < -0.3 is 10.7 Å². The van der Waals surface area contributed by atoms with Gasteiger partial charge in [-0.15, -0.1) is 0 Å². The molecule has 0 fully saturated rings. The number of hydrogen-bond donors (Lipinski definition) is 2. The summed E-state index contributed by atoms with van der Waals surface area (Å²) in [5.74, 6) is 0. The molecule has 0 aliphatic heterocycles. The van der Waals surface area contributed by atoms with Crippen LogP contribution >= 0.6 is 15.9 Å². The summed E-state index contributed by atoms with van der Waals surface area (Å²) >= 11 is 3.44. The molecule has 62 valence electrons. The molecule has 2 nitrogen and oxygen atoms in total. The lowest BCUT2D eigenvalue weighted by Crippen LogP contribution is -1.88. The fourth-order valence-corrected chi connectivity index (χ4v) is 1.70. The van der Waals surface area contributed by atoms with Gasteiger partial charge in [0.1, 0.15) is 0 Å². The summed E-state index contributed by atoms with van der Waals surface area (Å²) < 4.78 is 1.06. The lowest BCUT2D eigenvalue weighted by molar-refractivity contribution is 1.44. The molecule has 2 rings (SSSR count). The van der Waals surface area contributed by atoms with Crippen LogP contribution in [0.4, 0.5) is 5.69 Å². The lowest BCUT2D eigenvalue weighted by Gasteiger charge is -1.99. The Morgan fingerprint density at radius 1 is 1.42 bits per heavy atom. The van der Waals surface area contributed by atoms with Gasteiger partial charge in [0.15, 0.2) is 0 Å². The van der Waals surface area contributed by atoms with Crippen molar-refractivity contribution in [1.82, 2.24) is 4.98 Å². The Labute approximate surface area is 78.9 Å². The standard InChI is InChI=1S/C9H9BrN2/c1-5-2-9-6(3-8(5)11)7(10)4-12-9/h2-4,12H,11H2,1H3.